The molecule has 0 saturated carbocycles. The number of nitrogens with zero attached hydrogens (tertiary/aromatic N) is 1. The van der Waals surface area contributed by atoms with Crippen LogP contribution in [0.25, 0.3) is 11.1 Å². The number of carbonyl (C=O) groups is 3. The standard InChI is InChI=1S/C27H27N3O5/c31-25(32)15-23(26(33)30-14-6-12-24(30)22-11-5-13-28-22)29-27(34)35-16-21-19-9-3-1-7-17(19)18-8-2-4-10-20(18)21/h1-5,7-11,13,21,23-24,28H,6,12,14-16H2,(H,29,34)(H,31,32). The molecule has 35 heavy (non-hydrogen) atoms. The Balaban J connectivity index is 1.28. The summed E-state index contributed by atoms with van der Waals surface area (Å²) in [6.07, 6.45) is 2.05. The van der Waals surface area contributed by atoms with Crippen LogP contribution in [0.4, 0.5) is 4.79 Å². The fourth-order valence-electron chi connectivity index (χ4n) is 5.26. The van der Waals surface area contributed by atoms with E-state index in [0.29, 0.717) is 6.54 Å². The molecule has 1 aliphatic carbocycles. The largest absolute Gasteiger partial charge is 0.481 e. The molecule has 2 unspecified atom stereocenters. The summed E-state index contributed by atoms with van der Waals surface area (Å²) in [6.45, 7) is 0.591. The summed E-state index contributed by atoms with van der Waals surface area (Å²) < 4.78 is 5.54. The van der Waals surface area contributed by atoms with E-state index in [-0.39, 0.29) is 18.6 Å². The van der Waals surface area contributed by atoms with E-state index in [1.165, 1.54) is 0 Å². The van der Waals surface area contributed by atoms with Crippen molar-refractivity contribution < 1.29 is 24.2 Å². The average Bonchev–Trinajstić information content (AvgIpc) is 3.61. The summed E-state index contributed by atoms with van der Waals surface area (Å²) in [5, 5.41) is 11.9. The Morgan fingerprint density at radius 2 is 1.71 bits per heavy atom. The highest BCUT2D eigenvalue weighted by Crippen LogP contribution is 2.44. The highest BCUT2D eigenvalue weighted by molar-refractivity contribution is 5.89. The lowest BCUT2D eigenvalue weighted by atomic mass is 9.98. The van der Waals surface area contributed by atoms with Crippen molar-refractivity contribution in [3.8, 4) is 11.1 Å². The van der Waals surface area contributed by atoms with Gasteiger partial charge < -0.3 is 25.0 Å². The van der Waals surface area contributed by atoms with Gasteiger partial charge in [-0.2, -0.15) is 0 Å². The lowest BCUT2D eigenvalue weighted by Crippen LogP contribution is -2.49. The van der Waals surface area contributed by atoms with E-state index < -0.39 is 30.4 Å². The number of aromatic nitrogens is 1. The smallest absolute Gasteiger partial charge is 0.407 e. The quantitative estimate of drug-likeness (QED) is 0.479. The van der Waals surface area contributed by atoms with Crippen molar-refractivity contribution in [2.45, 2.75) is 37.3 Å². The van der Waals surface area contributed by atoms with Gasteiger partial charge in [0, 0.05) is 24.4 Å². The van der Waals surface area contributed by atoms with Crippen LogP contribution in [0.3, 0.4) is 0 Å². The third-order valence-electron chi connectivity index (χ3n) is 6.83. The Morgan fingerprint density at radius 3 is 2.34 bits per heavy atom. The summed E-state index contributed by atoms with van der Waals surface area (Å²) in [4.78, 5) is 42.3. The third-order valence-corrected chi connectivity index (χ3v) is 6.83. The molecule has 2 aromatic carbocycles. The van der Waals surface area contributed by atoms with Crippen LogP contribution in [-0.4, -0.2) is 52.2 Å². The van der Waals surface area contributed by atoms with Gasteiger partial charge in [0.15, 0.2) is 0 Å². The van der Waals surface area contributed by atoms with Crippen molar-refractivity contribution in [2.24, 2.45) is 0 Å². The number of carboxylic acids is 1. The van der Waals surface area contributed by atoms with Gasteiger partial charge in [0.25, 0.3) is 0 Å². The number of H-pyrrole nitrogens is 1. The van der Waals surface area contributed by atoms with E-state index in [2.05, 4.69) is 10.3 Å². The molecule has 5 rings (SSSR count). The predicted octanol–water partition coefficient (Wildman–Crippen LogP) is 4.06. The number of carboxylic acid groups (broad SMARTS) is 1. The minimum absolute atomic E-state index is 0.0860. The topological polar surface area (TPSA) is 112 Å². The van der Waals surface area contributed by atoms with E-state index in [0.717, 1.165) is 40.8 Å². The zero-order valence-corrected chi connectivity index (χ0v) is 19.1. The van der Waals surface area contributed by atoms with Gasteiger partial charge in [-0.1, -0.05) is 48.5 Å². The molecule has 3 N–H and O–H groups in total. The molecule has 1 saturated heterocycles. The van der Waals surface area contributed by atoms with Crippen molar-refractivity contribution in [1.82, 2.24) is 15.2 Å². The number of benzene rings is 2. The molecule has 0 spiro atoms. The van der Waals surface area contributed by atoms with Gasteiger partial charge in [-0.3, -0.25) is 9.59 Å². The Kier molecular flexibility index (Phi) is 6.27. The van der Waals surface area contributed by atoms with E-state index in [1.54, 1.807) is 11.1 Å². The first-order chi connectivity index (χ1) is 17.0. The van der Waals surface area contributed by atoms with Crippen LogP contribution < -0.4 is 5.32 Å². The molecule has 8 heteroatoms. The molecule has 0 radical (unpaired) electrons. The number of aromatic amines is 1. The molecule has 3 aromatic rings. The molecule has 2 heterocycles. The second-order valence-electron chi connectivity index (χ2n) is 8.94. The van der Waals surface area contributed by atoms with Crippen molar-refractivity contribution in [3.63, 3.8) is 0 Å². The third kappa shape index (κ3) is 4.51. The molecule has 1 fully saturated rings. The number of fused-ring (bicyclic) bond motifs is 3. The summed E-state index contributed by atoms with van der Waals surface area (Å²) >= 11 is 0. The van der Waals surface area contributed by atoms with Gasteiger partial charge in [-0.25, -0.2) is 4.79 Å². The van der Waals surface area contributed by atoms with Crippen molar-refractivity contribution in [3.05, 3.63) is 83.7 Å². The Morgan fingerprint density at radius 1 is 1.03 bits per heavy atom. The van der Waals surface area contributed by atoms with E-state index in [9.17, 15) is 19.5 Å². The van der Waals surface area contributed by atoms with Crippen LogP contribution >= 0.6 is 0 Å². The second kappa shape index (κ2) is 9.66. The zero-order valence-electron chi connectivity index (χ0n) is 19.1. The lowest BCUT2D eigenvalue weighted by molar-refractivity contribution is -0.143. The number of amides is 2. The zero-order chi connectivity index (χ0) is 24.4. The summed E-state index contributed by atoms with van der Waals surface area (Å²) in [5.41, 5.74) is 5.27. The highest BCUT2D eigenvalue weighted by Gasteiger charge is 2.36. The van der Waals surface area contributed by atoms with Gasteiger partial charge >= 0.3 is 12.1 Å². The van der Waals surface area contributed by atoms with Crippen LogP contribution in [-0.2, 0) is 14.3 Å². The van der Waals surface area contributed by atoms with Crippen LogP contribution in [0.1, 0.15) is 48.0 Å². The van der Waals surface area contributed by atoms with Crippen molar-refractivity contribution in [2.75, 3.05) is 13.2 Å². The number of carbonyl (C=O) groups excluding carboxylic acids is 2. The summed E-state index contributed by atoms with van der Waals surface area (Å²) in [5.74, 6) is -1.71. The fraction of sp³-hybridized carbons (Fsp3) is 0.296. The average molecular weight is 474 g/mol. The molecule has 2 aliphatic rings. The first-order valence-corrected chi connectivity index (χ1v) is 11.8. The Labute approximate surface area is 202 Å². The second-order valence-corrected chi connectivity index (χ2v) is 8.94. The summed E-state index contributed by atoms with van der Waals surface area (Å²) in [6, 6.07) is 18.4. The molecule has 1 aliphatic heterocycles. The van der Waals surface area contributed by atoms with Crippen LogP contribution in [0, 0.1) is 0 Å². The lowest BCUT2D eigenvalue weighted by Gasteiger charge is -2.28. The van der Waals surface area contributed by atoms with Gasteiger partial charge in [0.2, 0.25) is 5.91 Å². The highest BCUT2D eigenvalue weighted by atomic mass is 16.5. The maximum Gasteiger partial charge on any atom is 0.407 e. The number of likely N-dealkylation sites (tertiary alicyclic amines) is 1. The number of rotatable bonds is 7. The number of hydrogen-bond acceptors (Lipinski definition) is 4. The van der Waals surface area contributed by atoms with Crippen LogP contribution in [0.2, 0.25) is 0 Å². The van der Waals surface area contributed by atoms with E-state index in [1.807, 2.05) is 60.7 Å². The molecular weight excluding hydrogens is 446 g/mol. The van der Waals surface area contributed by atoms with Crippen LogP contribution in [0.15, 0.2) is 66.9 Å². The maximum atomic E-state index is 13.3. The van der Waals surface area contributed by atoms with Crippen molar-refractivity contribution >= 4 is 18.0 Å². The van der Waals surface area contributed by atoms with Gasteiger partial charge in [-0.05, 0) is 47.2 Å². The van der Waals surface area contributed by atoms with E-state index in [4.69, 9.17) is 4.74 Å². The number of hydrogen-bond donors (Lipinski definition) is 3. The monoisotopic (exact) mass is 473 g/mol. The molecule has 1 aromatic heterocycles. The summed E-state index contributed by atoms with van der Waals surface area (Å²) in [7, 11) is 0. The van der Waals surface area contributed by atoms with Crippen LogP contribution in [0.5, 0.6) is 0 Å². The molecule has 180 valence electrons. The van der Waals surface area contributed by atoms with E-state index >= 15 is 0 Å². The molecule has 2 amide bonds. The number of alkyl carbamates (subject to hydrolysis) is 1. The number of aliphatic carboxylic acids is 1. The first-order valence-electron chi connectivity index (χ1n) is 11.8. The SMILES string of the molecule is O=C(O)CC(NC(=O)OCC1c2ccccc2-c2ccccc21)C(=O)N1CCCC1c1ccc[nH]1. The minimum atomic E-state index is -1.21. The first kappa shape index (κ1) is 22.7. The molecule has 2 atom stereocenters. The Hall–Kier alpha value is -4.07. The molecule has 0 bridgehead atoms. The molecule has 8 nitrogen and oxygen atoms in total. The minimum Gasteiger partial charge on any atom is -0.481 e. The maximum absolute atomic E-state index is 13.3. The normalized spacial score (nSPS) is 17.5. The van der Waals surface area contributed by atoms with Crippen molar-refractivity contribution in [1.29, 1.82) is 0 Å². The number of ether oxygens (including phenoxy) is 1. The van der Waals surface area contributed by atoms with Gasteiger partial charge in [0.1, 0.15) is 12.6 Å². The predicted molar refractivity (Wildman–Crippen MR) is 129 cm³/mol. The van der Waals surface area contributed by atoms with Gasteiger partial charge in [0.05, 0.1) is 12.5 Å². The molecular formula is C27H27N3O5. The fourth-order valence-corrected chi connectivity index (χ4v) is 5.26. The van der Waals surface area contributed by atoms with Gasteiger partial charge in [-0.15, -0.1) is 0 Å². The number of nitrogens with one attached hydrogen (secondary N) is 2. The Bertz CT molecular complexity index is 1190.